The maximum atomic E-state index is 6.86. The molecule has 0 aromatic heterocycles. The van der Waals surface area contributed by atoms with Gasteiger partial charge in [0.15, 0.2) is 5.85 Å². The molecule has 0 atom stereocenters. The summed E-state index contributed by atoms with van der Waals surface area (Å²) in [4.78, 5) is 5.17. The first-order chi connectivity index (χ1) is 15.2. The van der Waals surface area contributed by atoms with E-state index in [-0.39, 0.29) is 5.85 Å². The van der Waals surface area contributed by atoms with Crippen molar-refractivity contribution in [1.29, 1.82) is 0 Å². The van der Waals surface area contributed by atoms with Crippen LogP contribution in [0.3, 0.4) is 0 Å². The fraction of sp³-hybridized carbons (Fsp3) is 1.00. The van der Waals surface area contributed by atoms with Crippen molar-refractivity contribution in [3.05, 3.63) is 0 Å². The molecular formula is C28H60N2O. The average molecular weight is 441 g/mol. The molecule has 0 aliphatic rings. The standard InChI is InChI=1S/C28H60N2O/c1-7-13-15-17-19-21-23-25-27-31-28(29(9-3)10-4,30(11-5)12-6)26-24-22-20-18-16-14-8-2/h7-27H2,1-6H3. The van der Waals surface area contributed by atoms with Gasteiger partial charge in [-0.15, -0.1) is 0 Å². The molecule has 3 heteroatoms. The predicted molar refractivity (Wildman–Crippen MR) is 140 cm³/mol. The Bertz CT molecular complexity index is 341. The molecule has 188 valence electrons. The molecule has 0 heterocycles. The van der Waals surface area contributed by atoms with E-state index in [1.165, 1.54) is 96.3 Å². The Labute approximate surface area is 197 Å². The molecule has 0 N–H and O–H groups in total. The zero-order valence-electron chi connectivity index (χ0n) is 22.7. The molecule has 0 aromatic carbocycles. The van der Waals surface area contributed by atoms with Crippen LogP contribution in [0.15, 0.2) is 0 Å². The summed E-state index contributed by atoms with van der Waals surface area (Å²) >= 11 is 0. The Balaban J connectivity index is 4.74. The summed E-state index contributed by atoms with van der Waals surface area (Å²) in [7, 11) is 0. The van der Waals surface area contributed by atoms with Gasteiger partial charge in [0.2, 0.25) is 0 Å². The molecule has 0 fully saturated rings. The summed E-state index contributed by atoms with van der Waals surface area (Å²) in [6.07, 6.45) is 21.5. The Morgan fingerprint density at radius 3 is 1.19 bits per heavy atom. The van der Waals surface area contributed by atoms with Gasteiger partial charge in [-0.2, -0.15) is 0 Å². The van der Waals surface area contributed by atoms with E-state index in [1.807, 2.05) is 0 Å². The van der Waals surface area contributed by atoms with Crippen LogP contribution in [0.2, 0.25) is 0 Å². The van der Waals surface area contributed by atoms with Gasteiger partial charge in [0.05, 0.1) is 6.61 Å². The fourth-order valence-corrected chi connectivity index (χ4v) is 4.99. The van der Waals surface area contributed by atoms with E-state index < -0.39 is 0 Å². The minimum absolute atomic E-state index is 0.211. The fourth-order valence-electron chi connectivity index (χ4n) is 4.99. The van der Waals surface area contributed by atoms with Gasteiger partial charge in [-0.1, -0.05) is 125 Å². The quantitative estimate of drug-likeness (QED) is 0.110. The molecule has 0 bridgehead atoms. The van der Waals surface area contributed by atoms with Crippen LogP contribution >= 0.6 is 0 Å². The summed E-state index contributed by atoms with van der Waals surface area (Å²) in [5.41, 5.74) is 0. The van der Waals surface area contributed by atoms with Gasteiger partial charge in [-0.3, -0.25) is 9.80 Å². The molecule has 0 aromatic rings. The van der Waals surface area contributed by atoms with Crippen molar-refractivity contribution < 1.29 is 4.74 Å². The van der Waals surface area contributed by atoms with Crippen molar-refractivity contribution in [2.45, 2.75) is 150 Å². The maximum absolute atomic E-state index is 6.86. The third-order valence-corrected chi connectivity index (χ3v) is 6.95. The molecule has 31 heavy (non-hydrogen) atoms. The lowest BCUT2D eigenvalue weighted by Crippen LogP contribution is -2.62. The molecule has 0 saturated heterocycles. The van der Waals surface area contributed by atoms with Crippen molar-refractivity contribution in [3.63, 3.8) is 0 Å². The molecule has 3 nitrogen and oxygen atoms in total. The molecule has 0 spiro atoms. The van der Waals surface area contributed by atoms with Gasteiger partial charge in [0.25, 0.3) is 0 Å². The first-order valence-corrected chi connectivity index (χ1v) is 14.3. The molecule has 0 unspecified atom stereocenters. The van der Waals surface area contributed by atoms with Crippen LogP contribution in [0.25, 0.3) is 0 Å². The molecule has 0 radical (unpaired) electrons. The number of ether oxygens (including phenoxy) is 1. The summed E-state index contributed by atoms with van der Waals surface area (Å²) < 4.78 is 6.86. The Hall–Kier alpha value is -0.120. The van der Waals surface area contributed by atoms with E-state index in [0.717, 1.165) is 39.2 Å². The lowest BCUT2D eigenvalue weighted by Gasteiger charge is -2.50. The van der Waals surface area contributed by atoms with Gasteiger partial charge in [-0.05, 0) is 39.0 Å². The average Bonchev–Trinajstić information content (AvgIpc) is 2.78. The summed E-state index contributed by atoms with van der Waals surface area (Å²) in [6, 6.07) is 0. The number of rotatable bonds is 24. The summed E-state index contributed by atoms with van der Waals surface area (Å²) in [5.74, 6) is -0.211. The van der Waals surface area contributed by atoms with Gasteiger partial charge >= 0.3 is 0 Å². The van der Waals surface area contributed by atoms with Crippen LogP contribution in [0.4, 0.5) is 0 Å². The number of hydrogen-bond donors (Lipinski definition) is 0. The molecule has 0 saturated carbocycles. The van der Waals surface area contributed by atoms with E-state index in [1.54, 1.807) is 0 Å². The Morgan fingerprint density at radius 2 is 0.806 bits per heavy atom. The molecule has 0 amide bonds. The van der Waals surface area contributed by atoms with Crippen LogP contribution in [0.5, 0.6) is 0 Å². The number of unbranched alkanes of at least 4 members (excludes halogenated alkanes) is 13. The Kier molecular flexibility index (Phi) is 21.6. The topological polar surface area (TPSA) is 15.7 Å². The highest BCUT2D eigenvalue weighted by molar-refractivity contribution is 4.81. The van der Waals surface area contributed by atoms with E-state index in [0.29, 0.717) is 0 Å². The minimum atomic E-state index is -0.211. The highest BCUT2D eigenvalue weighted by Gasteiger charge is 2.40. The molecular weight excluding hydrogens is 380 g/mol. The van der Waals surface area contributed by atoms with Gasteiger partial charge in [0.1, 0.15) is 0 Å². The summed E-state index contributed by atoms with van der Waals surface area (Å²) in [6.45, 7) is 18.9. The molecule has 0 aliphatic heterocycles. The minimum Gasteiger partial charge on any atom is -0.347 e. The number of nitrogens with zero attached hydrogens (tertiary/aromatic N) is 2. The van der Waals surface area contributed by atoms with Gasteiger partial charge in [0, 0.05) is 6.42 Å². The van der Waals surface area contributed by atoms with E-state index in [9.17, 15) is 0 Å². The smallest absolute Gasteiger partial charge is 0.179 e. The van der Waals surface area contributed by atoms with Crippen molar-refractivity contribution >= 4 is 0 Å². The third kappa shape index (κ3) is 13.2. The van der Waals surface area contributed by atoms with Crippen LogP contribution in [-0.4, -0.2) is 48.4 Å². The lowest BCUT2D eigenvalue weighted by atomic mass is 10.0. The van der Waals surface area contributed by atoms with E-state index in [4.69, 9.17) is 4.74 Å². The monoisotopic (exact) mass is 440 g/mol. The zero-order valence-corrected chi connectivity index (χ0v) is 22.7. The van der Waals surface area contributed by atoms with Crippen molar-refractivity contribution in [1.82, 2.24) is 9.80 Å². The van der Waals surface area contributed by atoms with Gasteiger partial charge < -0.3 is 4.74 Å². The van der Waals surface area contributed by atoms with Crippen LogP contribution in [0.1, 0.15) is 144 Å². The normalized spacial score (nSPS) is 12.4. The predicted octanol–water partition coefficient (Wildman–Crippen LogP) is 8.62. The SMILES string of the molecule is CCCCCCCCCCOC(CCCCCCCCC)(N(CC)CC)N(CC)CC. The largest absolute Gasteiger partial charge is 0.347 e. The first kappa shape index (κ1) is 30.9. The zero-order chi connectivity index (χ0) is 23.2. The highest BCUT2D eigenvalue weighted by atomic mass is 16.5. The van der Waals surface area contributed by atoms with Crippen molar-refractivity contribution in [2.75, 3.05) is 32.8 Å². The van der Waals surface area contributed by atoms with Crippen LogP contribution in [-0.2, 0) is 4.74 Å². The highest BCUT2D eigenvalue weighted by Crippen LogP contribution is 2.30. The Morgan fingerprint density at radius 1 is 0.452 bits per heavy atom. The number of hydrogen-bond acceptors (Lipinski definition) is 3. The lowest BCUT2D eigenvalue weighted by molar-refractivity contribution is -0.251. The molecule has 0 rings (SSSR count). The van der Waals surface area contributed by atoms with E-state index in [2.05, 4.69) is 51.3 Å². The maximum Gasteiger partial charge on any atom is 0.179 e. The molecule has 0 aliphatic carbocycles. The third-order valence-electron chi connectivity index (χ3n) is 6.95. The summed E-state index contributed by atoms with van der Waals surface area (Å²) in [5, 5.41) is 0. The first-order valence-electron chi connectivity index (χ1n) is 14.3. The van der Waals surface area contributed by atoms with E-state index >= 15 is 0 Å². The van der Waals surface area contributed by atoms with Crippen LogP contribution in [0, 0.1) is 0 Å². The second-order valence-corrected chi connectivity index (χ2v) is 9.28. The van der Waals surface area contributed by atoms with Gasteiger partial charge in [-0.25, -0.2) is 0 Å². The van der Waals surface area contributed by atoms with Crippen molar-refractivity contribution in [3.8, 4) is 0 Å². The van der Waals surface area contributed by atoms with Crippen LogP contribution < -0.4 is 0 Å². The van der Waals surface area contributed by atoms with Crippen molar-refractivity contribution in [2.24, 2.45) is 0 Å². The second-order valence-electron chi connectivity index (χ2n) is 9.28. The second kappa shape index (κ2) is 21.7.